The van der Waals surface area contributed by atoms with Crippen molar-refractivity contribution in [2.45, 2.75) is 51.9 Å². The molecule has 6 nitrogen and oxygen atoms in total. The van der Waals surface area contributed by atoms with Crippen LogP contribution in [0.5, 0.6) is 0 Å². The molecule has 0 unspecified atom stereocenters. The van der Waals surface area contributed by atoms with E-state index in [2.05, 4.69) is 0 Å². The van der Waals surface area contributed by atoms with Crippen LogP contribution < -0.4 is 0 Å². The van der Waals surface area contributed by atoms with Crippen LogP contribution in [-0.4, -0.2) is 53.0 Å². The number of hydrogen-bond acceptors (Lipinski definition) is 4. The molecule has 1 heterocycles. The predicted octanol–water partition coefficient (Wildman–Crippen LogP) is 1.49. The molecule has 1 aliphatic rings. The van der Waals surface area contributed by atoms with Crippen molar-refractivity contribution in [1.82, 2.24) is 4.90 Å². The first-order valence-electron chi connectivity index (χ1n) is 6.08. The lowest BCUT2D eigenvalue weighted by Crippen LogP contribution is -2.43. The lowest BCUT2D eigenvalue weighted by Gasteiger charge is -2.26. The first kappa shape index (κ1) is 14.8. The summed E-state index contributed by atoms with van der Waals surface area (Å²) >= 11 is 0. The topological polar surface area (TPSA) is 76.1 Å². The number of rotatable bonds is 3. The van der Waals surface area contributed by atoms with E-state index in [4.69, 9.17) is 14.6 Å². The number of carboxylic acids is 1. The summed E-state index contributed by atoms with van der Waals surface area (Å²) in [4.78, 5) is 24.3. The van der Waals surface area contributed by atoms with E-state index in [0.29, 0.717) is 13.0 Å². The Kier molecular flexibility index (Phi) is 4.56. The Bertz CT molecular complexity index is 323. The summed E-state index contributed by atoms with van der Waals surface area (Å²) < 4.78 is 10.6. The van der Waals surface area contributed by atoms with Gasteiger partial charge in [0, 0.05) is 13.0 Å². The maximum atomic E-state index is 11.9. The van der Waals surface area contributed by atoms with Crippen molar-refractivity contribution in [3.8, 4) is 0 Å². The van der Waals surface area contributed by atoms with Crippen LogP contribution in [-0.2, 0) is 14.3 Å². The number of carboxylic acid groups (broad SMARTS) is 1. The first-order valence-corrected chi connectivity index (χ1v) is 6.08. The standard InChI is InChI=1S/C12H21NO5/c1-5-17-8-6-9(10(14)15)13(7-8)11(16)18-12(2,3)4/h8-9H,5-7H2,1-4H3,(H,14,15)/t8-,9+/m1/s1. The average Bonchev–Trinajstić information content (AvgIpc) is 2.59. The fourth-order valence-electron chi connectivity index (χ4n) is 1.91. The van der Waals surface area contributed by atoms with Gasteiger partial charge in [-0.15, -0.1) is 0 Å². The Morgan fingerprint density at radius 1 is 1.39 bits per heavy atom. The van der Waals surface area contributed by atoms with E-state index in [0.717, 1.165) is 0 Å². The molecule has 2 atom stereocenters. The highest BCUT2D eigenvalue weighted by atomic mass is 16.6. The predicted molar refractivity (Wildman–Crippen MR) is 64.4 cm³/mol. The van der Waals surface area contributed by atoms with E-state index >= 15 is 0 Å². The van der Waals surface area contributed by atoms with Crippen LogP contribution in [0.4, 0.5) is 4.79 Å². The van der Waals surface area contributed by atoms with Crippen LogP contribution in [0, 0.1) is 0 Å². The minimum absolute atomic E-state index is 0.233. The van der Waals surface area contributed by atoms with Gasteiger partial charge in [-0.2, -0.15) is 0 Å². The minimum Gasteiger partial charge on any atom is -0.480 e. The number of likely N-dealkylation sites (tertiary alicyclic amines) is 1. The molecule has 0 radical (unpaired) electrons. The molecular weight excluding hydrogens is 238 g/mol. The molecule has 0 bridgehead atoms. The molecule has 1 N–H and O–H groups in total. The summed E-state index contributed by atoms with van der Waals surface area (Å²) in [7, 11) is 0. The second kappa shape index (κ2) is 5.56. The summed E-state index contributed by atoms with van der Waals surface area (Å²) in [5.74, 6) is -1.02. The van der Waals surface area contributed by atoms with Crippen molar-refractivity contribution >= 4 is 12.1 Å². The summed E-state index contributed by atoms with van der Waals surface area (Å²) in [5, 5.41) is 9.11. The van der Waals surface area contributed by atoms with Crippen molar-refractivity contribution in [3.05, 3.63) is 0 Å². The highest BCUT2D eigenvalue weighted by Crippen LogP contribution is 2.23. The molecule has 18 heavy (non-hydrogen) atoms. The molecule has 0 aromatic heterocycles. The molecule has 1 saturated heterocycles. The van der Waals surface area contributed by atoms with Gasteiger partial charge in [-0.3, -0.25) is 4.90 Å². The number of ether oxygens (including phenoxy) is 2. The van der Waals surface area contributed by atoms with Gasteiger partial charge >= 0.3 is 12.1 Å². The van der Waals surface area contributed by atoms with E-state index in [1.54, 1.807) is 20.8 Å². The molecule has 1 fully saturated rings. The van der Waals surface area contributed by atoms with E-state index in [1.165, 1.54) is 4.90 Å². The second-order valence-electron chi connectivity index (χ2n) is 5.30. The summed E-state index contributed by atoms with van der Waals surface area (Å²) in [5.41, 5.74) is -0.635. The minimum atomic E-state index is -1.02. The van der Waals surface area contributed by atoms with Gasteiger partial charge in [-0.25, -0.2) is 9.59 Å². The fraction of sp³-hybridized carbons (Fsp3) is 0.833. The molecule has 1 aliphatic heterocycles. The Balaban J connectivity index is 2.72. The third kappa shape index (κ3) is 3.87. The number of aliphatic carboxylic acids is 1. The highest BCUT2D eigenvalue weighted by molar-refractivity contribution is 5.81. The van der Waals surface area contributed by atoms with E-state index in [-0.39, 0.29) is 12.6 Å². The zero-order chi connectivity index (χ0) is 13.9. The van der Waals surface area contributed by atoms with Gasteiger partial charge < -0.3 is 14.6 Å². The Morgan fingerprint density at radius 3 is 2.44 bits per heavy atom. The number of hydrogen-bond donors (Lipinski definition) is 1. The monoisotopic (exact) mass is 259 g/mol. The van der Waals surface area contributed by atoms with Crippen molar-refractivity contribution < 1.29 is 24.2 Å². The van der Waals surface area contributed by atoms with E-state index in [9.17, 15) is 9.59 Å². The molecule has 0 aromatic carbocycles. The van der Waals surface area contributed by atoms with Crippen LogP contribution in [0.25, 0.3) is 0 Å². The van der Waals surface area contributed by atoms with Crippen molar-refractivity contribution in [2.75, 3.05) is 13.2 Å². The van der Waals surface area contributed by atoms with Crippen LogP contribution in [0.2, 0.25) is 0 Å². The van der Waals surface area contributed by atoms with Crippen molar-refractivity contribution in [2.24, 2.45) is 0 Å². The zero-order valence-electron chi connectivity index (χ0n) is 11.3. The van der Waals surface area contributed by atoms with Crippen LogP contribution >= 0.6 is 0 Å². The molecule has 1 rings (SSSR count). The van der Waals surface area contributed by atoms with Gasteiger partial charge in [-0.1, -0.05) is 0 Å². The van der Waals surface area contributed by atoms with Gasteiger partial charge in [0.25, 0.3) is 0 Å². The van der Waals surface area contributed by atoms with Gasteiger partial charge in [0.05, 0.1) is 12.6 Å². The van der Waals surface area contributed by atoms with Gasteiger partial charge in [0.1, 0.15) is 11.6 Å². The number of carbonyl (C=O) groups is 2. The molecule has 0 saturated carbocycles. The Morgan fingerprint density at radius 2 is 2.00 bits per heavy atom. The molecule has 104 valence electrons. The molecule has 6 heteroatoms. The number of carbonyl (C=O) groups excluding carboxylic acids is 1. The third-order valence-corrected chi connectivity index (χ3v) is 2.58. The molecule has 0 aliphatic carbocycles. The summed E-state index contributed by atoms with van der Waals surface area (Å²) in [6, 6.07) is -0.864. The van der Waals surface area contributed by atoms with Crippen LogP contribution in [0.3, 0.4) is 0 Å². The maximum Gasteiger partial charge on any atom is 0.411 e. The lowest BCUT2D eigenvalue weighted by molar-refractivity contribution is -0.142. The Labute approximate surface area is 107 Å². The summed E-state index contributed by atoms with van der Waals surface area (Å²) in [6.07, 6.45) is -0.525. The quantitative estimate of drug-likeness (QED) is 0.831. The maximum absolute atomic E-state index is 11.9. The van der Waals surface area contributed by atoms with E-state index < -0.39 is 23.7 Å². The molecule has 0 spiro atoms. The smallest absolute Gasteiger partial charge is 0.411 e. The highest BCUT2D eigenvalue weighted by Gasteiger charge is 2.41. The van der Waals surface area contributed by atoms with Gasteiger partial charge in [-0.05, 0) is 27.7 Å². The number of amides is 1. The molecule has 1 amide bonds. The third-order valence-electron chi connectivity index (χ3n) is 2.58. The average molecular weight is 259 g/mol. The van der Waals surface area contributed by atoms with Crippen LogP contribution in [0.1, 0.15) is 34.1 Å². The van der Waals surface area contributed by atoms with Crippen molar-refractivity contribution in [3.63, 3.8) is 0 Å². The number of nitrogens with zero attached hydrogens (tertiary/aromatic N) is 1. The SMILES string of the molecule is CCO[C@@H]1C[C@@H](C(=O)O)N(C(=O)OC(C)(C)C)C1. The molecular formula is C12H21NO5. The largest absolute Gasteiger partial charge is 0.480 e. The zero-order valence-corrected chi connectivity index (χ0v) is 11.3. The van der Waals surface area contributed by atoms with Gasteiger partial charge in [0.2, 0.25) is 0 Å². The van der Waals surface area contributed by atoms with Crippen molar-refractivity contribution in [1.29, 1.82) is 0 Å². The van der Waals surface area contributed by atoms with E-state index in [1.807, 2.05) is 6.92 Å². The molecule has 0 aromatic rings. The lowest BCUT2D eigenvalue weighted by atomic mass is 10.2. The Hall–Kier alpha value is -1.30. The second-order valence-corrected chi connectivity index (χ2v) is 5.30. The fourth-order valence-corrected chi connectivity index (χ4v) is 1.91. The van der Waals surface area contributed by atoms with Gasteiger partial charge in [0.15, 0.2) is 0 Å². The van der Waals surface area contributed by atoms with Crippen LogP contribution in [0.15, 0.2) is 0 Å². The normalized spacial score (nSPS) is 24.1. The summed E-state index contributed by atoms with van der Waals surface area (Å²) in [6.45, 7) is 7.84. The first-order chi connectivity index (χ1) is 8.24.